The average Bonchev–Trinajstić information content (AvgIpc) is 2.75. The number of rotatable bonds is 8. The van der Waals surface area contributed by atoms with Crippen LogP contribution in [0.25, 0.3) is 0 Å². The average molecular weight is 443 g/mol. The van der Waals surface area contributed by atoms with Crippen molar-refractivity contribution in [2.75, 3.05) is 18.4 Å². The van der Waals surface area contributed by atoms with E-state index in [9.17, 15) is 9.59 Å². The van der Waals surface area contributed by atoms with E-state index < -0.39 is 0 Å². The molecule has 0 aliphatic rings. The number of anilines is 2. The molecule has 3 N–H and O–H groups in total. The number of nitrogens with one attached hydrogen (secondary N) is 3. The van der Waals surface area contributed by atoms with Crippen LogP contribution in [0.2, 0.25) is 10.0 Å². The second-order valence-electron chi connectivity index (χ2n) is 6.40. The second kappa shape index (κ2) is 10.6. The minimum absolute atomic E-state index is 0.162. The predicted octanol–water partition coefficient (Wildman–Crippen LogP) is 4.22. The summed E-state index contributed by atoms with van der Waals surface area (Å²) < 4.78 is 0. The number of aromatic nitrogens is 1. The maximum absolute atomic E-state index is 12.4. The van der Waals surface area contributed by atoms with Gasteiger partial charge in [0, 0.05) is 31.2 Å². The molecule has 0 atom stereocenters. The van der Waals surface area contributed by atoms with Gasteiger partial charge in [-0.25, -0.2) is 0 Å². The number of benzene rings is 2. The Kier molecular flexibility index (Phi) is 7.65. The summed E-state index contributed by atoms with van der Waals surface area (Å²) in [6.45, 7) is 0.630. The Morgan fingerprint density at radius 3 is 2.33 bits per heavy atom. The van der Waals surface area contributed by atoms with Crippen molar-refractivity contribution in [1.29, 1.82) is 0 Å². The highest BCUT2D eigenvalue weighted by molar-refractivity contribution is 6.39. The summed E-state index contributed by atoms with van der Waals surface area (Å²) in [5.41, 5.74) is 2.60. The largest absolute Gasteiger partial charge is 0.354 e. The summed E-state index contributed by atoms with van der Waals surface area (Å²) in [7, 11) is 0. The molecule has 3 rings (SSSR count). The molecule has 1 aromatic heterocycles. The van der Waals surface area contributed by atoms with Gasteiger partial charge in [-0.3, -0.25) is 14.6 Å². The second-order valence-corrected chi connectivity index (χ2v) is 7.22. The lowest BCUT2D eigenvalue weighted by Crippen LogP contribution is -2.35. The molecular formula is C22H20Cl2N4O2. The summed E-state index contributed by atoms with van der Waals surface area (Å²) in [5, 5.41) is 9.73. The first-order valence-electron chi connectivity index (χ1n) is 9.28. The van der Waals surface area contributed by atoms with E-state index in [-0.39, 0.29) is 18.2 Å². The SMILES string of the molecule is O=C(Cc1ccccc1Nc1c(Cl)cccc1Cl)NCCNC(=O)c1cccnc1. The zero-order valence-electron chi connectivity index (χ0n) is 16.0. The lowest BCUT2D eigenvalue weighted by atomic mass is 10.1. The van der Waals surface area contributed by atoms with Gasteiger partial charge in [0.2, 0.25) is 5.91 Å². The highest BCUT2D eigenvalue weighted by Crippen LogP contribution is 2.33. The monoisotopic (exact) mass is 442 g/mol. The first kappa shape index (κ1) is 21.6. The lowest BCUT2D eigenvalue weighted by molar-refractivity contribution is -0.120. The first-order valence-corrected chi connectivity index (χ1v) is 10.0. The number of carbonyl (C=O) groups excluding carboxylic acids is 2. The number of pyridine rings is 1. The normalized spacial score (nSPS) is 10.3. The third-order valence-corrected chi connectivity index (χ3v) is 4.88. The van der Waals surface area contributed by atoms with E-state index >= 15 is 0 Å². The summed E-state index contributed by atoms with van der Waals surface area (Å²) in [4.78, 5) is 28.2. The number of hydrogen-bond donors (Lipinski definition) is 3. The van der Waals surface area contributed by atoms with Gasteiger partial charge in [-0.2, -0.15) is 0 Å². The first-order chi connectivity index (χ1) is 14.5. The molecule has 0 bridgehead atoms. The van der Waals surface area contributed by atoms with Crippen molar-refractivity contribution in [3.05, 3.63) is 88.2 Å². The lowest BCUT2D eigenvalue weighted by Gasteiger charge is -2.14. The number of halogens is 2. The zero-order chi connectivity index (χ0) is 21.3. The van der Waals surface area contributed by atoms with E-state index in [0.29, 0.717) is 34.4 Å². The smallest absolute Gasteiger partial charge is 0.252 e. The third kappa shape index (κ3) is 5.95. The van der Waals surface area contributed by atoms with Crippen LogP contribution in [0.4, 0.5) is 11.4 Å². The number of nitrogens with zero attached hydrogens (tertiary/aromatic N) is 1. The molecule has 1 heterocycles. The Bertz CT molecular complexity index is 1010. The fourth-order valence-electron chi connectivity index (χ4n) is 2.76. The van der Waals surface area contributed by atoms with Crippen LogP contribution in [0.1, 0.15) is 15.9 Å². The molecule has 8 heteroatoms. The summed E-state index contributed by atoms with van der Waals surface area (Å²) in [5.74, 6) is -0.395. The minimum atomic E-state index is -0.233. The molecule has 0 radical (unpaired) electrons. The van der Waals surface area contributed by atoms with Gasteiger partial charge >= 0.3 is 0 Å². The Balaban J connectivity index is 1.53. The Morgan fingerprint density at radius 2 is 1.60 bits per heavy atom. The Labute approximate surface area is 184 Å². The fraction of sp³-hybridized carbons (Fsp3) is 0.136. The molecule has 0 aliphatic heterocycles. The van der Waals surface area contributed by atoms with Gasteiger partial charge in [0.15, 0.2) is 0 Å². The number of carbonyl (C=O) groups is 2. The molecule has 0 unspecified atom stereocenters. The van der Waals surface area contributed by atoms with Crippen molar-refractivity contribution in [3.63, 3.8) is 0 Å². The molecule has 0 spiro atoms. The molecule has 30 heavy (non-hydrogen) atoms. The van der Waals surface area contributed by atoms with E-state index in [1.165, 1.54) is 6.20 Å². The quantitative estimate of drug-likeness (QED) is 0.456. The topological polar surface area (TPSA) is 83.1 Å². The standard InChI is InChI=1S/C22H20Cl2N4O2/c23-17-7-3-8-18(24)21(17)28-19-9-2-1-5-15(19)13-20(29)26-11-12-27-22(30)16-6-4-10-25-14-16/h1-10,14,28H,11-13H2,(H,26,29)(H,27,30). The minimum Gasteiger partial charge on any atom is -0.354 e. The van der Waals surface area contributed by atoms with Crippen molar-refractivity contribution in [3.8, 4) is 0 Å². The predicted molar refractivity (Wildman–Crippen MR) is 119 cm³/mol. The van der Waals surface area contributed by atoms with E-state index in [1.54, 1.807) is 36.5 Å². The molecule has 2 amide bonds. The summed E-state index contributed by atoms with van der Waals surface area (Å²) >= 11 is 12.5. The van der Waals surface area contributed by atoms with Gasteiger partial charge in [-0.1, -0.05) is 47.5 Å². The molecule has 6 nitrogen and oxygen atoms in total. The van der Waals surface area contributed by atoms with Crippen LogP contribution in [-0.2, 0) is 11.2 Å². The van der Waals surface area contributed by atoms with Crippen LogP contribution in [-0.4, -0.2) is 29.9 Å². The third-order valence-electron chi connectivity index (χ3n) is 4.25. The van der Waals surface area contributed by atoms with E-state index in [0.717, 1.165) is 11.3 Å². The van der Waals surface area contributed by atoms with Crippen molar-refractivity contribution in [2.45, 2.75) is 6.42 Å². The molecule has 2 aromatic carbocycles. The fourth-order valence-corrected chi connectivity index (χ4v) is 3.25. The molecule has 0 fully saturated rings. The van der Waals surface area contributed by atoms with Crippen molar-refractivity contribution in [1.82, 2.24) is 15.6 Å². The molecule has 154 valence electrons. The van der Waals surface area contributed by atoms with Gasteiger partial charge in [0.05, 0.1) is 27.7 Å². The van der Waals surface area contributed by atoms with Crippen LogP contribution in [0.5, 0.6) is 0 Å². The van der Waals surface area contributed by atoms with Gasteiger partial charge in [-0.15, -0.1) is 0 Å². The Morgan fingerprint density at radius 1 is 0.867 bits per heavy atom. The van der Waals surface area contributed by atoms with Crippen molar-refractivity contribution < 1.29 is 9.59 Å². The maximum atomic E-state index is 12.4. The van der Waals surface area contributed by atoms with Crippen molar-refractivity contribution in [2.24, 2.45) is 0 Å². The molecular weight excluding hydrogens is 423 g/mol. The number of para-hydroxylation sites is 2. The van der Waals surface area contributed by atoms with Crippen LogP contribution in [0.15, 0.2) is 67.0 Å². The molecule has 3 aromatic rings. The van der Waals surface area contributed by atoms with Crippen LogP contribution in [0, 0.1) is 0 Å². The molecule has 0 saturated heterocycles. The maximum Gasteiger partial charge on any atom is 0.252 e. The number of hydrogen-bond acceptors (Lipinski definition) is 4. The van der Waals surface area contributed by atoms with Crippen LogP contribution in [0.3, 0.4) is 0 Å². The van der Waals surface area contributed by atoms with Gasteiger partial charge in [-0.05, 0) is 35.9 Å². The van der Waals surface area contributed by atoms with E-state index in [4.69, 9.17) is 23.2 Å². The van der Waals surface area contributed by atoms with E-state index in [2.05, 4.69) is 20.9 Å². The van der Waals surface area contributed by atoms with Gasteiger partial charge < -0.3 is 16.0 Å². The highest BCUT2D eigenvalue weighted by Gasteiger charge is 2.11. The highest BCUT2D eigenvalue weighted by atomic mass is 35.5. The summed E-state index contributed by atoms with van der Waals surface area (Å²) in [6, 6.07) is 16.1. The van der Waals surface area contributed by atoms with Crippen molar-refractivity contribution >= 4 is 46.4 Å². The van der Waals surface area contributed by atoms with E-state index in [1.807, 2.05) is 24.3 Å². The van der Waals surface area contributed by atoms with Gasteiger partial charge in [0.25, 0.3) is 5.91 Å². The molecule has 0 saturated carbocycles. The molecule has 0 aliphatic carbocycles. The zero-order valence-corrected chi connectivity index (χ0v) is 17.5. The summed E-state index contributed by atoms with van der Waals surface area (Å²) in [6.07, 6.45) is 3.26. The Hall–Kier alpha value is -3.09. The van der Waals surface area contributed by atoms with Crippen LogP contribution < -0.4 is 16.0 Å². The van der Waals surface area contributed by atoms with Crippen LogP contribution >= 0.6 is 23.2 Å². The number of amides is 2. The van der Waals surface area contributed by atoms with Gasteiger partial charge in [0.1, 0.15) is 0 Å².